The number of rotatable bonds is 6. The van der Waals surface area contributed by atoms with Crippen molar-refractivity contribution in [3.63, 3.8) is 0 Å². The Balaban J connectivity index is 1.84. The van der Waals surface area contributed by atoms with Crippen LogP contribution in [0.1, 0.15) is 38.1 Å². The number of hydrogen-bond acceptors (Lipinski definition) is 5. The summed E-state index contributed by atoms with van der Waals surface area (Å²) in [6.07, 6.45) is 0. The predicted molar refractivity (Wildman–Crippen MR) is 116 cm³/mol. The van der Waals surface area contributed by atoms with Crippen LogP contribution in [-0.4, -0.2) is 38.7 Å². The van der Waals surface area contributed by atoms with Crippen LogP contribution in [0.4, 0.5) is 11.4 Å². The summed E-state index contributed by atoms with van der Waals surface area (Å²) in [5, 5.41) is 2.88. The van der Waals surface area contributed by atoms with E-state index in [1.165, 1.54) is 0 Å². The van der Waals surface area contributed by atoms with Crippen LogP contribution in [0.3, 0.4) is 0 Å². The fraction of sp³-hybridized carbons (Fsp3) is 0.391. The summed E-state index contributed by atoms with van der Waals surface area (Å²) >= 11 is 0. The molecule has 1 N–H and O–H groups in total. The van der Waals surface area contributed by atoms with Crippen molar-refractivity contribution in [3.8, 4) is 17.2 Å². The molecule has 2 amide bonds. The minimum atomic E-state index is -0.630. The van der Waals surface area contributed by atoms with Gasteiger partial charge in [-0.1, -0.05) is 0 Å². The Kier molecular flexibility index (Phi) is 6.20. The van der Waals surface area contributed by atoms with Gasteiger partial charge >= 0.3 is 0 Å². The molecule has 30 heavy (non-hydrogen) atoms. The number of fused-ring (bicyclic) bond motifs is 1. The van der Waals surface area contributed by atoms with Crippen molar-refractivity contribution >= 4 is 23.2 Å². The van der Waals surface area contributed by atoms with Crippen molar-refractivity contribution in [1.82, 2.24) is 0 Å². The first kappa shape index (κ1) is 21.5. The highest BCUT2D eigenvalue weighted by Gasteiger charge is 2.36. The molecule has 0 spiro atoms. The lowest BCUT2D eigenvalue weighted by atomic mass is 9.93. The summed E-state index contributed by atoms with van der Waals surface area (Å²) in [4.78, 5) is 27.1. The van der Waals surface area contributed by atoms with Crippen LogP contribution >= 0.6 is 0 Å². The minimum Gasteiger partial charge on any atom is -0.490 e. The highest BCUT2D eigenvalue weighted by molar-refractivity contribution is 6.05. The number of nitrogens with one attached hydrogen (secondary N) is 1. The maximum atomic E-state index is 12.8. The largest absolute Gasteiger partial charge is 0.490 e. The monoisotopic (exact) mass is 412 g/mol. The quantitative estimate of drug-likeness (QED) is 0.772. The Morgan fingerprint density at radius 1 is 1.10 bits per heavy atom. The van der Waals surface area contributed by atoms with Crippen molar-refractivity contribution in [1.29, 1.82) is 0 Å². The Hall–Kier alpha value is -3.22. The predicted octanol–water partition coefficient (Wildman–Crippen LogP) is 4.12. The van der Waals surface area contributed by atoms with Gasteiger partial charge in [-0.3, -0.25) is 9.59 Å². The number of ether oxygens (including phenoxy) is 3. The van der Waals surface area contributed by atoms with Crippen LogP contribution in [-0.2, 0) is 4.79 Å². The molecule has 0 unspecified atom stereocenters. The standard InChI is InChI=1S/C23H28N2O5/c1-6-28-19-10-8-15(12-20(19)29-7-2)21(26)24-16-9-11-18-17(13-16)25(5)22(27)23(3,4)14-30-18/h8-13H,6-7,14H2,1-5H3,(H,24,26). The van der Waals surface area contributed by atoms with Crippen molar-refractivity contribution in [2.45, 2.75) is 27.7 Å². The summed E-state index contributed by atoms with van der Waals surface area (Å²) in [6, 6.07) is 10.3. The van der Waals surface area contributed by atoms with Gasteiger partial charge in [-0.2, -0.15) is 0 Å². The van der Waals surface area contributed by atoms with Crippen LogP contribution in [0.25, 0.3) is 0 Å². The Bertz CT molecular complexity index is 955. The van der Waals surface area contributed by atoms with E-state index in [0.29, 0.717) is 54.0 Å². The summed E-state index contributed by atoms with van der Waals surface area (Å²) in [5.74, 6) is 1.39. The molecule has 0 aliphatic carbocycles. The average Bonchev–Trinajstić information content (AvgIpc) is 2.80. The van der Waals surface area contributed by atoms with E-state index < -0.39 is 5.41 Å². The SMILES string of the molecule is CCOc1ccc(C(=O)Nc2ccc3c(c2)N(C)C(=O)C(C)(C)CO3)cc1OCC. The lowest BCUT2D eigenvalue weighted by Crippen LogP contribution is -2.39. The zero-order valence-electron chi connectivity index (χ0n) is 18.1. The number of benzene rings is 2. The van der Waals surface area contributed by atoms with E-state index in [4.69, 9.17) is 14.2 Å². The number of amides is 2. The molecule has 7 heteroatoms. The van der Waals surface area contributed by atoms with E-state index in [1.54, 1.807) is 48.3 Å². The molecule has 0 atom stereocenters. The van der Waals surface area contributed by atoms with Gasteiger partial charge in [0.1, 0.15) is 12.4 Å². The number of anilines is 2. The van der Waals surface area contributed by atoms with Crippen LogP contribution < -0.4 is 24.4 Å². The molecule has 0 fully saturated rings. The topological polar surface area (TPSA) is 77.1 Å². The van der Waals surface area contributed by atoms with E-state index in [1.807, 2.05) is 27.7 Å². The average molecular weight is 412 g/mol. The van der Waals surface area contributed by atoms with Gasteiger partial charge in [-0.25, -0.2) is 0 Å². The maximum Gasteiger partial charge on any atom is 0.255 e. The van der Waals surface area contributed by atoms with Gasteiger partial charge in [0.25, 0.3) is 5.91 Å². The highest BCUT2D eigenvalue weighted by atomic mass is 16.5. The fourth-order valence-electron chi connectivity index (χ4n) is 3.26. The number of carbonyl (C=O) groups is 2. The molecular weight excluding hydrogens is 384 g/mol. The highest BCUT2D eigenvalue weighted by Crippen LogP contribution is 2.37. The zero-order chi connectivity index (χ0) is 21.9. The second-order valence-corrected chi connectivity index (χ2v) is 7.70. The van der Waals surface area contributed by atoms with Crippen molar-refractivity contribution in [2.75, 3.05) is 37.1 Å². The second-order valence-electron chi connectivity index (χ2n) is 7.70. The molecule has 1 aliphatic heterocycles. The summed E-state index contributed by atoms with van der Waals surface area (Å²) in [7, 11) is 1.71. The summed E-state index contributed by atoms with van der Waals surface area (Å²) in [5.41, 5.74) is 0.993. The zero-order valence-corrected chi connectivity index (χ0v) is 18.1. The number of carbonyl (C=O) groups excluding carboxylic acids is 2. The first-order chi connectivity index (χ1) is 14.3. The molecule has 1 aliphatic rings. The van der Waals surface area contributed by atoms with E-state index in [2.05, 4.69) is 5.32 Å². The van der Waals surface area contributed by atoms with Gasteiger partial charge in [0.15, 0.2) is 11.5 Å². The molecule has 0 radical (unpaired) electrons. The molecule has 0 saturated heterocycles. The van der Waals surface area contributed by atoms with Crippen LogP contribution in [0.15, 0.2) is 36.4 Å². The van der Waals surface area contributed by atoms with Crippen LogP contribution in [0.5, 0.6) is 17.2 Å². The van der Waals surface area contributed by atoms with Gasteiger partial charge in [-0.15, -0.1) is 0 Å². The Morgan fingerprint density at radius 2 is 1.80 bits per heavy atom. The van der Waals surface area contributed by atoms with Gasteiger partial charge in [0, 0.05) is 18.3 Å². The third kappa shape index (κ3) is 4.35. The maximum absolute atomic E-state index is 12.8. The lowest BCUT2D eigenvalue weighted by Gasteiger charge is -2.24. The van der Waals surface area contributed by atoms with E-state index in [-0.39, 0.29) is 11.8 Å². The van der Waals surface area contributed by atoms with Crippen molar-refractivity contribution < 1.29 is 23.8 Å². The smallest absolute Gasteiger partial charge is 0.255 e. The molecular formula is C23H28N2O5. The van der Waals surface area contributed by atoms with Crippen molar-refractivity contribution in [2.24, 2.45) is 5.41 Å². The summed E-state index contributed by atoms with van der Waals surface area (Å²) in [6.45, 7) is 8.73. The van der Waals surface area contributed by atoms with Gasteiger partial charge < -0.3 is 24.4 Å². The first-order valence-electron chi connectivity index (χ1n) is 10.0. The molecule has 7 nitrogen and oxygen atoms in total. The molecule has 1 heterocycles. The van der Waals surface area contributed by atoms with Gasteiger partial charge in [0.05, 0.1) is 24.3 Å². The van der Waals surface area contributed by atoms with E-state index in [9.17, 15) is 9.59 Å². The fourth-order valence-corrected chi connectivity index (χ4v) is 3.26. The molecule has 0 saturated carbocycles. The van der Waals surface area contributed by atoms with Crippen LogP contribution in [0, 0.1) is 5.41 Å². The van der Waals surface area contributed by atoms with Gasteiger partial charge in [0.2, 0.25) is 5.91 Å². The van der Waals surface area contributed by atoms with Gasteiger partial charge in [-0.05, 0) is 64.1 Å². The van der Waals surface area contributed by atoms with Crippen molar-refractivity contribution in [3.05, 3.63) is 42.0 Å². The molecule has 0 bridgehead atoms. The third-order valence-corrected chi connectivity index (χ3v) is 4.86. The second kappa shape index (κ2) is 8.65. The molecule has 3 rings (SSSR count). The Labute approximate surface area is 176 Å². The van der Waals surface area contributed by atoms with E-state index in [0.717, 1.165) is 0 Å². The molecule has 2 aromatic carbocycles. The molecule has 0 aromatic heterocycles. The first-order valence-corrected chi connectivity index (χ1v) is 10.0. The molecule has 160 valence electrons. The third-order valence-electron chi connectivity index (χ3n) is 4.86. The minimum absolute atomic E-state index is 0.0439. The number of nitrogens with zero attached hydrogens (tertiary/aromatic N) is 1. The number of hydrogen-bond donors (Lipinski definition) is 1. The summed E-state index contributed by atoms with van der Waals surface area (Å²) < 4.78 is 17.0. The van der Waals surface area contributed by atoms with Crippen LogP contribution in [0.2, 0.25) is 0 Å². The normalized spacial score (nSPS) is 15.0. The molecule has 2 aromatic rings. The van der Waals surface area contributed by atoms with E-state index >= 15 is 0 Å². The lowest BCUT2D eigenvalue weighted by molar-refractivity contribution is -0.127. The Morgan fingerprint density at radius 3 is 2.50 bits per heavy atom.